The lowest BCUT2D eigenvalue weighted by Gasteiger charge is -2.00. The molecule has 1 rings (SSSR count). The third-order valence-corrected chi connectivity index (χ3v) is 3.16. The Morgan fingerprint density at radius 1 is 1.50 bits per heavy atom. The largest absolute Gasteiger partial charge is 0.396 e. The van der Waals surface area contributed by atoms with E-state index in [2.05, 4.69) is 43.5 Å². The predicted molar refractivity (Wildman–Crippen MR) is 53.5 cm³/mol. The van der Waals surface area contributed by atoms with Crippen LogP contribution >= 0.6 is 38.5 Å². The van der Waals surface area contributed by atoms with E-state index in [0.29, 0.717) is 11.5 Å². The van der Waals surface area contributed by atoms with Crippen LogP contribution in [0.2, 0.25) is 0 Å². The van der Waals surface area contributed by atoms with Gasteiger partial charge in [0.15, 0.2) is 0 Å². The van der Waals surface area contributed by atoms with Crippen molar-refractivity contribution in [3.63, 3.8) is 0 Å². The minimum Gasteiger partial charge on any atom is -0.396 e. The summed E-state index contributed by atoms with van der Waals surface area (Å²) in [5, 5.41) is 0. The van der Waals surface area contributed by atoms with E-state index in [1.165, 1.54) is 0 Å². The van der Waals surface area contributed by atoms with Crippen LogP contribution in [0.15, 0.2) is 10.7 Å². The van der Waals surface area contributed by atoms with Crippen LogP contribution in [-0.2, 0) is 0 Å². The maximum atomic E-state index is 5.48. The van der Waals surface area contributed by atoms with Crippen LogP contribution in [0.25, 0.3) is 0 Å². The molecule has 0 saturated heterocycles. The second-order valence-corrected chi connectivity index (χ2v) is 3.65. The summed E-state index contributed by atoms with van der Waals surface area (Å²) >= 11 is 5.35. The van der Waals surface area contributed by atoms with Crippen LogP contribution in [0.1, 0.15) is 0 Å². The molecule has 0 aromatic carbocycles. The summed E-state index contributed by atoms with van der Waals surface area (Å²) in [4.78, 5) is 3.93. The second kappa shape index (κ2) is 2.91. The summed E-state index contributed by atoms with van der Waals surface area (Å²) in [7, 11) is 0. The number of pyridine rings is 1. The molecule has 0 aliphatic heterocycles. The average molecular weight is 314 g/mol. The number of nitrogens with two attached hydrogens (primary N) is 2. The van der Waals surface area contributed by atoms with E-state index in [9.17, 15) is 0 Å². The van der Waals surface area contributed by atoms with Gasteiger partial charge in [0.25, 0.3) is 0 Å². The van der Waals surface area contributed by atoms with Crippen LogP contribution in [0, 0.1) is 3.57 Å². The van der Waals surface area contributed by atoms with Crippen molar-refractivity contribution in [2.24, 2.45) is 0 Å². The SMILES string of the molecule is Nc1cc(I)c(Br)nc1N. The Morgan fingerprint density at radius 2 is 2.10 bits per heavy atom. The predicted octanol–water partition coefficient (Wildman–Crippen LogP) is 1.61. The summed E-state index contributed by atoms with van der Waals surface area (Å²) in [5.74, 6) is 0.368. The molecule has 0 amide bonds. The first-order valence-electron chi connectivity index (χ1n) is 2.48. The van der Waals surface area contributed by atoms with Gasteiger partial charge in [0.1, 0.15) is 10.4 Å². The molecule has 0 aliphatic carbocycles. The van der Waals surface area contributed by atoms with Crippen LogP contribution in [0.4, 0.5) is 11.5 Å². The minimum absolute atomic E-state index is 0.368. The zero-order valence-corrected chi connectivity index (χ0v) is 8.68. The molecule has 0 radical (unpaired) electrons. The monoisotopic (exact) mass is 313 g/mol. The van der Waals surface area contributed by atoms with Crippen molar-refractivity contribution in [1.29, 1.82) is 0 Å². The van der Waals surface area contributed by atoms with Gasteiger partial charge in [-0.3, -0.25) is 0 Å². The molecule has 0 atom stereocenters. The summed E-state index contributed by atoms with van der Waals surface area (Å²) in [5.41, 5.74) is 11.4. The van der Waals surface area contributed by atoms with Gasteiger partial charge < -0.3 is 11.5 Å². The van der Waals surface area contributed by atoms with Gasteiger partial charge in [-0.1, -0.05) is 0 Å². The molecule has 1 heterocycles. The highest BCUT2D eigenvalue weighted by molar-refractivity contribution is 14.1. The summed E-state index contributed by atoms with van der Waals surface area (Å²) < 4.78 is 1.70. The zero-order chi connectivity index (χ0) is 7.72. The van der Waals surface area contributed by atoms with Crippen LogP contribution in [0.3, 0.4) is 0 Å². The number of aromatic nitrogens is 1. The standard InChI is InChI=1S/C5H5BrIN3/c6-4-2(7)1-3(8)5(9)10-4/h1H,8H2,(H2,9,10). The van der Waals surface area contributed by atoms with Gasteiger partial charge in [-0.15, -0.1) is 0 Å². The Kier molecular flexibility index (Phi) is 2.35. The molecule has 0 bridgehead atoms. The van der Waals surface area contributed by atoms with E-state index in [4.69, 9.17) is 11.5 Å². The third kappa shape index (κ3) is 1.51. The molecule has 0 fully saturated rings. The van der Waals surface area contributed by atoms with E-state index in [-0.39, 0.29) is 0 Å². The van der Waals surface area contributed by atoms with E-state index in [0.717, 1.165) is 8.17 Å². The van der Waals surface area contributed by atoms with Crippen LogP contribution in [0.5, 0.6) is 0 Å². The molecular formula is C5H5BrIN3. The molecule has 0 saturated carbocycles. The molecule has 0 spiro atoms. The van der Waals surface area contributed by atoms with E-state index >= 15 is 0 Å². The Hall–Kier alpha value is -0.0400. The second-order valence-electron chi connectivity index (χ2n) is 1.74. The van der Waals surface area contributed by atoms with E-state index in [1.807, 2.05) is 0 Å². The number of hydrogen-bond acceptors (Lipinski definition) is 3. The molecular weight excluding hydrogens is 309 g/mol. The quantitative estimate of drug-likeness (QED) is 0.565. The molecule has 54 valence electrons. The fourth-order valence-electron chi connectivity index (χ4n) is 0.494. The highest BCUT2D eigenvalue weighted by atomic mass is 127. The highest BCUT2D eigenvalue weighted by Crippen LogP contribution is 2.22. The lowest BCUT2D eigenvalue weighted by molar-refractivity contribution is 1.27. The Labute approximate surface area is 80.5 Å². The van der Waals surface area contributed by atoms with Crippen molar-refractivity contribution in [3.05, 3.63) is 14.2 Å². The zero-order valence-electron chi connectivity index (χ0n) is 4.94. The normalized spacial score (nSPS) is 9.80. The first-order valence-corrected chi connectivity index (χ1v) is 4.35. The molecule has 5 heteroatoms. The number of nitrogens with zero attached hydrogens (tertiary/aromatic N) is 1. The van der Waals surface area contributed by atoms with Gasteiger partial charge in [0, 0.05) is 3.57 Å². The first-order chi connectivity index (χ1) is 4.61. The average Bonchev–Trinajstić information content (AvgIpc) is 1.84. The fourth-order valence-corrected chi connectivity index (χ4v) is 1.26. The molecule has 1 aromatic rings. The minimum atomic E-state index is 0.368. The summed E-state index contributed by atoms with van der Waals surface area (Å²) in [6, 6.07) is 1.77. The Bertz CT molecular complexity index is 213. The van der Waals surface area contributed by atoms with Crippen molar-refractivity contribution in [1.82, 2.24) is 4.98 Å². The van der Waals surface area contributed by atoms with Crippen molar-refractivity contribution in [2.45, 2.75) is 0 Å². The topological polar surface area (TPSA) is 64.9 Å². The number of nitrogen functional groups attached to an aromatic ring is 2. The summed E-state index contributed by atoms with van der Waals surface area (Å²) in [6.07, 6.45) is 0. The van der Waals surface area contributed by atoms with Crippen molar-refractivity contribution < 1.29 is 0 Å². The van der Waals surface area contributed by atoms with Gasteiger partial charge in [-0.05, 0) is 44.6 Å². The Balaban J connectivity index is 3.28. The van der Waals surface area contributed by atoms with Gasteiger partial charge in [0.05, 0.1) is 5.69 Å². The van der Waals surface area contributed by atoms with Gasteiger partial charge >= 0.3 is 0 Å². The molecule has 1 aromatic heterocycles. The van der Waals surface area contributed by atoms with Crippen LogP contribution in [-0.4, -0.2) is 4.98 Å². The molecule has 0 aliphatic rings. The molecule has 10 heavy (non-hydrogen) atoms. The smallest absolute Gasteiger partial charge is 0.148 e. The molecule has 4 N–H and O–H groups in total. The number of halogens is 2. The Morgan fingerprint density at radius 3 is 2.60 bits per heavy atom. The molecule has 0 unspecified atom stereocenters. The van der Waals surface area contributed by atoms with Gasteiger partial charge in [0.2, 0.25) is 0 Å². The van der Waals surface area contributed by atoms with E-state index in [1.54, 1.807) is 6.07 Å². The van der Waals surface area contributed by atoms with Crippen molar-refractivity contribution in [3.8, 4) is 0 Å². The number of anilines is 2. The van der Waals surface area contributed by atoms with Gasteiger partial charge in [-0.2, -0.15) is 0 Å². The van der Waals surface area contributed by atoms with Crippen LogP contribution < -0.4 is 11.5 Å². The number of rotatable bonds is 0. The van der Waals surface area contributed by atoms with Gasteiger partial charge in [-0.25, -0.2) is 4.98 Å². The highest BCUT2D eigenvalue weighted by Gasteiger charge is 2.01. The molecule has 3 nitrogen and oxygen atoms in total. The third-order valence-electron chi connectivity index (χ3n) is 0.994. The lowest BCUT2D eigenvalue weighted by Crippen LogP contribution is -1.98. The van der Waals surface area contributed by atoms with Crippen molar-refractivity contribution in [2.75, 3.05) is 11.5 Å². The maximum absolute atomic E-state index is 5.48. The fraction of sp³-hybridized carbons (Fsp3) is 0. The number of hydrogen-bond donors (Lipinski definition) is 2. The maximum Gasteiger partial charge on any atom is 0.148 e. The van der Waals surface area contributed by atoms with E-state index < -0.39 is 0 Å². The lowest BCUT2D eigenvalue weighted by atomic mass is 10.4. The summed E-state index contributed by atoms with van der Waals surface area (Å²) in [6.45, 7) is 0. The first kappa shape index (κ1) is 8.06. The van der Waals surface area contributed by atoms with Crippen molar-refractivity contribution >= 4 is 50.0 Å².